The highest BCUT2D eigenvalue weighted by Crippen LogP contribution is 2.22. The van der Waals surface area contributed by atoms with E-state index in [1.165, 1.54) is 0 Å². The predicted molar refractivity (Wildman–Crippen MR) is 83.5 cm³/mol. The van der Waals surface area contributed by atoms with Crippen molar-refractivity contribution in [2.75, 3.05) is 7.11 Å². The molecule has 0 heterocycles. The fourth-order valence-electron chi connectivity index (χ4n) is 2.01. The van der Waals surface area contributed by atoms with Crippen molar-refractivity contribution in [1.82, 2.24) is 0 Å². The lowest BCUT2D eigenvalue weighted by Gasteiger charge is -2.09. The minimum Gasteiger partial charge on any atom is -0.496 e. The van der Waals surface area contributed by atoms with Crippen LogP contribution in [0.15, 0.2) is 54.6 Å². The van der Waals surface area contributed by atoms with E-state index in [1.807, 2.05) is 55.5 Å². The summed E-state index contributed by atoms with van der Waals surface area (Å²) in [7, 11) is 1.60. The first-order valence-corrected chi connectivity index (χ1v) is 6.78. The van der Waals surface area contributed by atoms with E-state index >= 15 is 0 Å². The van der Waals surface area contributed by atoms with E-state index in [4.69, 9.17) is 9.47 Å². The summed E-state index contributed by atoms with van der Waals surface area (Å²) >= 11 is 0. The molecule has 2 rings (SSSR count). The van der Waals surface area contributed by atoms with E-state index in [-0.39, 0.29) is 12.4 Å². The molecular weight excluding hydrogens is 264 g/mol. The van der Waals surface area contributed by atoms with Gasteiger partial charge in [-0.05, 0) is 30.7 Å². The molecule has 0 saturated carbocycles. The Morgan fingerprint density at radius 1 is 1.14 bits per heavy atom. The molecule has 0 spiro atoms. The number of carbonyl (C=O) groups is 1. The number of allylic oxidation sites excluding steroid dienone is 1. The van der Waals surface area contributed by atoms with E-state index in [1.54, 1.807) is 19.2 Å². The molecule has 3 heteroatoms. The van der Waals surface area contributed by atoms with Gasteiger partial charge in [-0.25, -0.2) is 0 Å². The van der Waals surface area contributed by atoms with E-state index in [2.05, 4.69) is 0 Å². The van der Waals surface area contributed by atoms with Crippen LogP contribution in [-0.2, 0) is 11.2 Å². The van der Waals surface area contributed by atoms with Gasteiger partial charge in [-0.1, -0.05) is 42.5 Å². The standard InChI is InChI=1S/C18H18O3/c1-3-7-14-10-11-15(17(12-14)20-2)13-18(19)21-16-8-5-4-6-9-16/h3-12H,13H2,1-2H3. The summed E-state index contributed by atoms with van der Waals surface area (Å²) < 4.78 is 10.6. The van der Waals surface area contributed by atoms with Crippen LogP contribution in [0.5, 0.6) is 11.5 Å². The first kappa shape index (κ1) is 14.9. The topological polar surface area (TPSA) is 35.5 Å². The molecule has 0 aliphatic heterocycles. The lowest BCUT2D eigenvalue weighted by molar-refractivity contribution is -0.133. The van der Waals surface area contributed by atoms with Crippen LogP contribution in [-0.4, -0.2) is 13.1 Å². The minimum atomic E-state index is -0.307. The zero-order valence-electron chi connectivity index (χ0n) is 12.2. The molecule has 21 heavy (non-hydrogen) atoms. The third-order valence-corrected chi connectivity index (χ3v) is 2.98. The van der Waals surface area contributed by atoms with Crippen molar-refractivity contribution < 1.29 is 14.3 Å². The fourth-order valence-corrected chi connectivity index (χ4v) is 2.01. The summed E-state index contributed by atoms with van der Waals surface area (Å²) in [5.41, 5.74) is 1.85. The van der Waals surface area contributed by atoms with Gasteiger partial charge in [0.25, 0.3) is 0 Å². The monoisotopic (exact) mass is 282 g/mol. The second kappa shape index (κ2) is 7.29. The van der Waals surface area contributed by atoms with Crippen LogP contribution < -0.4 is 9.47 Å². The highest BCUT2D eigenvalue weighted by atomic mass is 16.5. The molecule has 0 aromatic heterocycles. The van der Waals surface area contributed by atoms with E-state index in [0.717, 1.165) is 11.1 Å². The number of carbonyl (C=O) groups excluding carboxylic acids is 1. The van der Waals surface area contributed by atoms with E-state index in [0.29, 0.717) is 11.5 Å². The largest absolute Gasteiger partial charge is 0.496 e. The van der Waals surface area contributed by atoms with Gasteiger partial charge in [-0.2, -0.15) is 0 Å². The average molecular weight is 282 g/mol. The van der Waals surface area contributed by atoms with Crippen LogP contribution in [0.3, 0.4) is 0 Å². The maximum absolute atomic E-state index is 12.0. The number of hydrogen-bond donors (Lipinski definition) is 0. The molecule has 0 unspecified atom stereocenters. The Morgan fingerprint density at radius 3 is 2.57 bits per heavy atom. The smallest absolute Gasteiger partial charge is 0.315 e. The number of ether oxygens (including phenoxy) is 2. The molecule has 108 valence electrons. The van der Waals surface area contributed by atoms with Gasteiger partial charge in [0.1, 0.15) is 11.5 Å². The van der Waals surface area contributed by atoms with Crippen LogP contribution in [0, 0.1) is 0 Å². The Labute approximate surface area is 124 Å². The van der Waals surface area contributed by atoms with E-state index in [9.17, 15) is 4.79 Å². The van der Waals surface area contributed by atoms with Crippen LogP contribution in [0.25, 0.3) is 6.08 Å². The Bertz CT molecular complexity index is 630. The van der Waals surface area contributed by atoms with E-state index < -0.39 is 0 Å². The molecule has 2 aromatic carbocycles. The van der Waals surface area contributed by atoms with Gasteiger partial charge in [-0.15, -0.1) is 0 Å². The molecule has 0 N–H and O–H groups in total. The van der Waals surface area contributed by atoms with Crippen molar-refractivity contribution in [1.29, 1.82) is 0 Å². The average Bonchev–Trinajstić information content (AvgIpc) is 2.50. The second-order valence-electron chi connectivity index (χ2n) is 4.54. The van der Waals surface area contributed by atoms with Gasteiger partial charge in [-0.3, -0.25) is 4.79 Å². The lowest BCUT2D eigenvalue weighted by atomic mass is 10.1. The number of methoxy groups -OCH3 is 1. The van der Waals surface area contributed by atoms with Crippen molar-refractivity contribution in [3.05, 3.63) is 65.7 Å². The van der Waals surface area contributed by atoms with Gasteiger partial charge in [0.05, 0.1) is 13.5 Å². The summed E-state index contributed by atoms with van der Waals surface area (Å²) in [6.07, 6.45) is 4.11. The molecular formula is C18H18O3. The van der Waals surface area contributed by atoms with Crippen molar-refractivity contribution in [3.63, 3.8) is 0 Å². The Morgan fingerprint density at radius 2 is 1.90 bits per heavy atom. The fraction of sp³-hybridized carbons (Fsp3) is 0.167. The van der Waals surface area contributed by atoms with Crippen molar-refractivity contribution in [3.8, 4) is 11.5 Å². The molecule has 0 radical (unpaired) electrons. The molecule has 0 amide bonds. The molecule has 0 saturated heterocycles. The van der Waals surface area contributed by atoms with Crippen LogP contribution in [0.4, 0.5) is 0 Å². The number of rotatable bonds is 5. The predicted octanol–water partition coefficient (Wildman–Crippen LogP) is 3.88. The van der Waals surface area contributed by atoms with Crippen molar-refractivity contribution in [2.24, 2.45) is 0 Å². The number of benzene rings is 2. The first-order valence-electron chi connectivity index (χ1n) is 6.78. The molecule has 0 aliphatic rings. The third kappa shape index (κ3) is 4.21. The number of hydrogen-bond acceptors (Lipinski definition) is 3. The SMILES string of the molecule is CC=Cc1ccc(CC(=O)Oc2ccccc2)c(OC)c1. The maximum atomic E-state index is 12.0. The molecule has 0 fully saturated rings. The van der Waals surface area contributed by atoms with Gasteiger partial charge in [0, 0.05) is 5.56 Å². The van der Waals surface area contributed by atoms with Crippen molar-refractivity contribution in [2.45, 2.75) is 13.3 Å². The number of esters is 1. The van der Waals surface area contributed by atoms with Gasteiger partial charge in [0.2, 0.25) is 0 Å². The molecule has 3 nitrogen and oxygen atoms in total. The first-order chi connectivity index (χ1) is 10.2. The van der Waals surface area contributed by atoms with Gasteiger partial charge < -0.3 is 9.47 Å². The zero-order chi connectivity index (χ0) is 15.1. The van der Waals surface area contributed by atoms with Gasteiger partial charge >= 0.3 is 5.97 Å². The lowest BCUT2D eigenvalue weighted by Crippen LogP contribution is -2.12. The summed E-state index contributed by atoms with van der Waals surface area (Å²) in [6.45, 7) is 1.96. The number of para-hydroxylation sites is 1. The summed E-state index contributed by atoms with van der Waals surface area (Å²) in [6, 6.07) is 14.8. The molecule has 0 aliphatic carbocycles. The van der Waals surface area contributed by atoms with Crippen LogP contribution >= 0.6 is 0 Å². The van der Waals surface area contributed by atoms with Crippen molar-refractivity contribution >= 4 is 12.0 Å². The van der Waals surface area contributed by atoms with Crippen LogP contribution in [0.2, 0.25) is 0 Å². The third-order valence-electron chi connectivity index (χ3n) is 2.98. The molecule has 0 atom stereocenters. The summed E-state index contributed by atoms with van der Waals surface area (Å²) in [5.74, 6) is 0.931. The van der Waals surface area contributed by atoms with Crippen LogP contribution in [0.1, 0.15) is 18.1 Å². The highest BCUT2D eigenvalue weighted by Gasteiger charge is 2.11. The zero-order valence-corrected chi connectivity index (χ0v) is 12.2. The minimum absolute atomic E-state index is 0.175. The highest BCUT2D eigenvalue weighted by molar-refractivity contribution is 5.76. The Hall–Kier alpha value is -2.55. The quantitative estimate of drug-likeness (QED) is 0.616. The normalized spacial score (nSPS) is 10.6. The Kier molecular flexibility index (Phi) is 5.16. The molecule has 2 aromatic rings. The maximum Gasteiger partial charge on any atom is 0.315 e. The second-order valence-corrected chi connectivity index (χ2v) is 4.54. The Balaban J connectivity index is 2.10. The summed E-state index contributed by atoms with van der Waals surface area (Å²) in [5, 5.41) is 0. The molecule has 0 bridgehead atoms. The van der Waals surface area contributed by atoms with Gasteiger partial charge in [0.15, 0.2) is 0 Å². The summed E-state index contributed by atoms with van der Waals surface area (Å²) in [4.78, 5) is 12.0.